The summed E-state index contributed by atoms with van der Waals surface area (Å²) in [4.78, 5) is 11.7. The van der Waals surface area contributed by atoms with Crippen LogP contribution in [0.1, 0.15) is 22.8 Å². The molecule has 1 aromatic carbocycles. The van der Waals surface area contributed by atoms with E-state index in [1.165, 1.54) is 0 Å². The molecule has 0 saturated carbocycles. The summed E-state index contributed by atoms with van der Waals surface area (Å²) in [7, 11) is 0. The van der Waals surface area contributed by atoms with E-state index in [2.05, 4.69) is 5.32 Å². The number of hydrogen-bond acceptors (Lipinski definition) is 3. The van der Waals surface area contributed by atoms with Crippen LogP contribution < -0.4 is 11.1 Å². The second-order valence-corrected chi connectivity index (χ2v) is 3.59. The fraction of sp³-hybridized carbons (Fsp3) is 0.364. The molecule has 0 aromatic heterocycles. The van der Waals surface area contributed by atoms with Crippen LogP contribution in [-0.2, 0) is 0 Å². The molecule has 82 valence electrons. The van der Waals surface area contributed by atoms with Gasteiger partial charge in [0.1, 0.15) is 0 Å². The summed E-state index contributed by atoms with van der Waals surface area (Å²) in [6.07, 6.45) is 0. The van der Waals surface area contributed by atoms with Gasteiger partial charge in [0.25, 0.3) is 5.91 Å². The molecule has 4 N–H and O–H groups in total. The van der Waals surface area contributed by atoms with Crippen molar-refractivity contribution in [3.8, 4) is 0 Å². The van der Waals surface area contributed by atoms with Gasteiger partial charge in [-0.3, -0.25) is 4.79 Å². The maximum Gasteiger partial charge on any atom is 0.253 e. The minimum absolute atomic E-state index is 0.0859. The summed E-state index contributed by atoms with van der Waals surface area (Å²) < 4.78 is 0. The summed E-state index contributed by atoms with van der Waals surface area (Å²) in [5.74, 6) is -0.252. The van der Waals surface area contributed by atoms with Gasteiger partial charge in [-0.2, -0.15) is 0 Å². The van der Waals surface area contributed by atoms with Gasteiger partial charge in [-0.25, -0.2) is 0 Å². The number of para-hydroxylation sites is 1. The Morgan fingerprint density at radius 3 is 2.87 bits per heavy atom. The van der Waals surface area contributed by atoms with Crippen molar-refractivity contribution in [2.45, 2.75) is 19.9 Å². The molecule has 1 rings (SSSR count). The lowest BCUT2D eigenvalue weighted by Gasteiger charge is -2.12. The standard InChI is InChI=1S/C11H16N2O2/c1-7-4-3-5-9(10(7)12)11(15)13-8(2)6-14/h3-5,8,14H,6,12H2,1-2H3,(H,13,15)/t8-/m1/s1. The topological polar surface area (TPSA) is 75.3 Å². The lowest BCUT2D eigenvalue weighted by Crippen LogP contribution is -2.35. The number of nitrogens with two attached hydrogens (primary N) is 1. The van der Waals surface area contributed by atoms with Gasteiger partial charge in [0.15, 0.2) is 0 Å². The second kappa shape index (κ2) is 4.79. The minimum atomic E-state index is -0.266. The van der Waals surface area contributed by atoms with Gasteiger partial charge in [0.2, 0.25) is 0 Å². The van der Waals surface area contributed by atoms with E-state index in [1.54, 1.807) is 19.1 Å². The van der Waals surface area contributed by atoms with Gasteiger partial charge in [0.05, 0.1) is 12.2 Å². The molecule has 4 heteroatoms. The van der Waals surface area contributed by atoms with Crippen LogP contribution in [0.3, 0.4) is 0 Å². The van der Waals surface area contributed by atoms with Crippen molar-refractivity contribution in [1.82, 2.24) is 5.32 Å². The van der Waals surface area contributed by atoms with Crippen LogP contribution in [-0.4, -0.2) is 23.7 Å². The first-order valence-corrected chi connectivity index (χ1v) is 4.83. The predicted octanol–water partition coefficient (Wildman–Crippen LogP) is 0.688. The monoisotopic (exact) mass is 208 g/mol. The second-order valence-electron chi connectivity index (χ2n) is 3.59. The number of carbonyl (C=O) groups is 1. The lowest BCUT2D eigenvalue weighted by atomic mass is 10.1. The van der Waals surface area contributed by atoms with Gasteiger partial charge in [0, 0.05) is 11.7 Å². The zero-order valence-corrected chi connectivity index (χ0v) is 8.95. The zero-order valence-electron chi connectivity index (χ0n) is 8.95. The highest BCUT2D eigenvalue weighted by Crippen LogP contribution is 2.16. The van der Waals surface area contributed by atoms with Crippen LogP contribution in [0.2, 0.25) is 0 Å². The van der Waals surface area contributed by atoms with Crippen LogP contribution in [0, 0.1) is 6.92 Å². The van der Waals surface area contributed by atoms with Crippen LogP contribution >= 0.6 is 0 Å². The van der Waals surface area contributed by atoms with Gasteiger partial charge >= 0.3 is 0 Å². The molecule has 0 aliphatic carbocycles. The van der Waals surface area contributed by atoms with Crippen molar-refractivity contribution in [3.05, 3.63) is 29.3 Å². The number of anilines is 1. The summed E-state index contributed by atoms with van der Waals surface area (Å²) in [5, 5.41) is 11.5. The first-order valence-electron chi connectivity index (χ1n) is 4.83. The molecule has 0 bridgehead atoms. The highest BCUT2D eigenvalue weighted by molar-refractivity contribution is 5.99. The lowest BCUT2D eigenvalue weighted by molar-refractivity contribution is 0.0923. The number of aryl methyl sites for hydroxylation is 1. The molecule has 0 heterocycles. The van der Waals surface area contributed by atoms with Crippen molar-refractivity contribution in [2.75, 3.05) is 12.3 Å². The van der Waals surface area contributed by atoms with Crippen molar-refractivity contribution in [1.29, 1.82) is 0 Å². The molecule has 0 spiro atoms. The molecule has 0 radical (unpaired) electrons. The molecule has 4 nitrogen and oxygen atoms in total. The molecule has 0 aliphatic heterocycles. The number of rotatable bonds is 3. The third-order valence-electron chi connectivity index (χ3n) is 2.22. The smallest absolute Gasteiger partial charge is 0.253 e. The Bertz CT molecular complexity index is 364. The van der Waals surface area contributed by atoms with Crippen LogP contribution in [0.25, 0.3) is 0 Å². The van der Waals surface area contributed by atoms with E-state index in [9.17, 15) is 4.79 Å². The molecule has 1 aromatic rings. The van der Waals surface area contributed by atoms with E-state index < -0.39 is 0 Å². The Morgan fingerprint density at radius 1 is 1.60 bits per heavy atom. The zero-order chi connectivity index (χ0) is 11.4. The van der Waals surface area contributed by atoms with Crippen LogP contribution in [0.5, 0.6) is 0 Å². The van der Waals surface area contributed by atoms with E-state index in [1.807, 2.05) is 13.0 Å². The third-order valence-corrected chi connectivity index (χ3v) is 2.22. The predicted molar refractivity (Wildman–Crippen MR) is 59.6 cm³/mol. The summed E-state index contributed by atoms with van der Waals surface area (Å²) >= 11 is 0. The van der Waals surface area contributed by atoms with Gasteiger partial charge < -0.3 is 16.2 Å². The number of benzene rings is 1. The Hall–Kier alpha value is -1.55. The van der Waals surface area contributed by atoms with Gasteiger partial charge in [-0.05, 0) is 25.5 Å². The van der Waals surface area contributed by atoms with Crippen molar-refractivity contribution >= 4 is 11.6 Å². The SMILES string of the molecule is Cc1cccc(C(=O)N[C@H](C)CO)c1N. The van der Waals surface area contributed by atoms with E-state index in [-0.39, 0.29) is 18.6 Å². The maximum atomic E-state index is 11.7. The van der Waals surface area contributed by atoms with E-state index in [0.29, 0.717) is 11.3 Å². The Morgan fingerprint density at radius 2 is 2.27 bits per heavy atom. The number of aliphatic hydroxyl groups excluding tert-OH is 1. The average molecular weight is 208 g/mol. The molecule has 1 atom stereocenters. The third kappa shape index (κ3) is 2.70. The van der Waals surface area contributed by atoms with Crippen LogP contribution in [0.4, 0.5) is 5.69 Å². The normalized spacial score (nSPS) is 12.2. The van der Waals surface area contributed by atoms with Gasteiger partial charge in [-0.15, -0.1) is 0 Å². The highest BCUT2D eigenvalue weighted by atomic mass is 16.3. The molecular weight excluding hydrogens is 192 g/mol. The molecule has 1 amide bonds. The van der Waals surface area contributed by atoms with Crippen molar-refractivity contribution < 1.29 is 9.90 Å². The Balaban J connectivity index is 2.87. The fourth-order valence-electron chi connectivity index (χ4n) is 1.23. The van der Waals surface area contributed by atoms with Gasteiger partial charge in [-0.1, -0.05) is 12.1 Å². The quantitative estimate of drug-likeness (QED) is 0.640. The Labute approximate surface area is 89.1 Å². The molecule has 0 unspecified atom stereocenters. The first kappa shape index (κ1) is 11.5. The number of aliphatic hydroxyl groups is 1. The maximum absolute atomic E-state index is 11.7. The fourth-order valence-corrected chi connectivity index (χ4v) is 1.23. The summed E-state index contributed by atoms with van der Waals surface area (Å²) in [6, 6.07) is 5.03. The van der Waals surface area contributed by atoms with E-state index in [4.69, 9.17) is 10.8 Å². The van der Waals surface area contributed by atoms with Crippen LogP contribution in [0.15, 0.2) is 18.2 Å². The summed E-state index contributed by atoms with van der Waals surface area (Å²) in [5.41, 5.74) is 7.59. The Kier molecular flexibility index (Phi) is 3.68. The number of amides is 1. The molecule has 0 aliphatic rings. The first-order chi connectivity index (χ1) is 7.06. The average Bonchev–Trinajstić information content (AvgIpc) is 2.21. The molecule has 0 fully saturated rings. The minimum Gasteiger partial charge on any atom is -0.398 e. The van der Waals surface area contributed by atoms with E-state index >= 15 is 0 Å². The highest BCUT2D eigenvalue weighted by Gasteiger charge is 2.12. The van der Waals surface area contributed by atoms with Crippen molar-refractivity contribution in [3.63, 3.8) is 0 Å². The number of nitrogens with one attached hydrogen (secondary N) is 1. The largest absolute Gasteiger partial charge is 0.398 e. The molecule has 0 saturated heterocycles. The number of nitrogen functional groups attached to an aromatic ring is 1. The van der Waals surface area contributed by atoms with Crippen molar-refractivity contribution in [2.24, 2.45) is 0 Å². The number of hydrogen-bond donors (Lipinski definition) is 3. The van der Waals surface area contributed by atoms with E-state index in [0.717, 1.165) is 5.56 Å². The molecular formula is C11H16N2O2. The summed E-state index contributed by atoms with van der Waals surface area (Å²) in [6.45, 7) is 3.49. The number of carbonyl (C=O) groups excluding carboxylic acids is 1. The molecule has 15 heavy (non-hydrogen) atoms.